The minimum absolute atomic E-state index is 0.154. The number of hydrogen-bond acceptors (Lipinski definition) is 3. The van der Waals surface area contributed by atoms with Gasteiger partial charge >= 0.3 is 0 Å². The van der Waals surface area contributed by atoms with Gasteiger partial charge in [-0.1, -0.05) is 28.9 Å². The van der Waals surface area contributed by atoms with E-state index in [4.69, 9.17) is 16.1 Å². The Labute approximate surface area is 116 Å². The Morgan fingerprint density at radius 3 is 2.84 bits per heavy atom. The zero-order valence-electron chi connectivity index (χ0n) is 10.9. The van der Waals surface area contributed by atoms with E-state index in [-0.39, 0.29) is 5.91 Å². The minimum Gasteiger partial charge on any atom is -0.361 e. The Morgan fingerprint density at radius 1 is 1.42 bits per heavy atom. The van der Waals surface area contributed by atoms with Gasteiger partial charge < -0.3 is 9.84 Å². The van der Waals surface area contributed by atoms with Crippen LogP contribution in [0.1, 0.15) is 27.4 Å². The highest BCUT2D eigenvalue weighted by atomic mass is 35.5. The molecule has 19 heavy (non-hydrogen) atoms. The molecule has 0 aliphatic rings. The fourth-order valence-corrected chi connectivity index (χ4v) is 2.12. The predicted molar refractivity (Wildman–Crippen MR) is 73.5 cm³/mol. The summed E-state index contributed by atoms with van der Waals surface area (Å²) in [5.74, 6) is 0.385. The molecule has 2 aromatic rings. The van der Waals surface area contributed by atoms with E-state index in [0.29, 0.717) is 28.6 Å². The van der Waals surface area contributed by atoms with Crippen molar-refractivity contribution in [3.63, 3.8) is 0 Å². The van der Waals surface area contributed by atoms with Gasteiger partial charge in [0, 0.05) is 11.6 Å². The first-order chi connectivity index (χ1) is 9.08. The number of aromatic nitrogens is 1. The number of benzene rings is 1. The fraction of sp³-hybridized carbons (Fsp3) is 0.286. The maximum absolute atomic E-state index is 12.0. The second-order valence-electron chi connectivity index (χ2n) is 4.33. The molecule has 1 aromatic heterocycles. The van der Waals surface area contributed by atoms with Crippen molar-refractivity contribution in [2.75, 3.05) is 6.54 Å². The number of nitrogens with one attached hydrogen (secondary N) is 1. The van der Waals surface area contributed by atoms with Crippen molar-refractivity contribution in [2.24, 2.45) is 0 Å². The molecule has 1 aromatic carbocycles. The summed E-state index contributed by atoms with van der Waals surface area (Å²) in [6, 6.07) is 7.60. The van der Waals surface area contributed by atoms with Crippen molar-refractivity contribution in [1.29, 1.82) is 0 Å². The molecule has 0 fully saturated rings. The lowest BCUT2D eigenvalue weighted by atomic mass is 10.1. The Hall–Kier alpha value is -1.81. The third-order valence-corrected chi connectivity index (χ3v) is 3.08. The van der Waals surface area contributed by atoms with Crippen molar-refractivity contribution in [2.45, 2.75) is 20.3 Å². The molecule has 0 aliphatic carbocycles. The van der Waals surface area contributed by atoms with Crippen molar-refractivity contribution < 1.29 is 9.32 Å². The highest BCUT2D eigenvalue weighted by molar-refractivity contribution is 6.30. The lowest BCUT2D eigenvalue weighted by Crippen LogP contribution is -2.26. The molecule has 1 N–H and O–H groups in total. The van der Waals surface area contributed by atoms with Gasteiger partial charge in [-0.2, -0.15) is 0 Å². The largest absolute Gasteiger partial charge is 0.361 e. The number of nitrogens with zero attached hydrogens (tertiary/aromatic N) is 1. The SMILES string of the molecule is Cc1noc(C)c1C(=O)NCCc1cccc(Cl)c1. The van der Waals surface area contributed by atoms with Gasteiger partial charge in [-0.3, -0.25) is 4.79 Å². The van der Waals surface area contributed by atoms with Crippen molar-refractivity contribution in [1.82, 2.24) is 10.5 Å². The van der Waals surface area contributed by atoms with Crippen LogP contribution in [0.5, 0.6) is 0 Å². The van der Waals surface area contributed by atoms with E-state index in [2.05, 4.69) is 10.5 Å². The summed E-state index contributed by atoms with van der Waals surface area (Å²) >= 11 is 5.90. The minimum atomic E-state index is -0.154. The molecule has 0 aliphatic heterocycles. The normalized spacial score (nSPS) is 10.5. The summed E-state index contributed by atoms with van der Waals surface area (Å²) in [6.45, 7) is 4.03. The van der Waals surface area contributed by atoms with E-state index in [1.54, 1.807) is 13.8 Å². The lowest BCUT2D eigenvalue weighted by molar-refractivity contribution is 0.0952. The first-order valence-corrected chi connectivity index (χ1v) is 6.41. The summed E-state index contributed by atoms with van der Waals surface area (Å²) < 4.78 is 4.97. The van der Waals surface area contributed by atoms with Gasteiger partial charge in [-0.15, -0.1) is 0 Å². The molecular weight excluding hydrogens is 264 g/mol. The zero-order chi connectivity index (χ0) is 13.8. The van der Waals surface area contributed by atoms with E-state index in [1.165, 1.54) is 0 Å². The molecule has 1 amide bonds. The van der Waals surface area contributed by atoms with Crippen LogP contribution in [0, 0.1) is 13.8 Å². The molecule has 0 saturated heterocycles. The van der Waals surface area contributed by atoms with E-state index >= 15 is 0 Å². The molecule has 0 atom stereocenters. The summed E-state index contributed by atoms with van der Waals surface area (Å²) in [5.41, 5.74) is 2.22. The average molecular weight is 279 g/mol. The van der Waals surface area contributed by atoms with Gasteiger partial charge in [-0.25, -0.2) is 0 Å². The Balaban J connectivity index is 1.91. The average Bonchev–Trinajstić information content (AvgIpc) is 2.69. The Bertz CT molecular complexity index is 573. The second-order valence-corrected chi connectivity index (χ2v) is 4.77. The van der Waals surface area contributed by atoms with Crippen LogP contribution in [0.4, 0.5) is 0 Å². The smallest absolute Gasteiger partial charge is 0.256 e. The van der Waals surface area contributed by atoms with Crippen LogP contribution in [-0.4, -0.2) is 17.6 Å². The number of carbonyl (C=O) groups excluding carboxylic acids is 1. The number of carbonyl (C=O) groups is 1. The molecular formula is C14H15ClN2O2. The van der Waals surface area contributed by atoms with Crippen LogP contribution in [0.25, 0.3) is 0 Å². The van der Waals surface area contributed by atoms with Gasteiger partial charge in [0.15, 0.2) is 0 Å². The molecule has 0 radical (unpaired) electrons. The van der Waals surface area contributed by atoms with Crippen molar-refractivity contribution in [3.8, 4) is 0 Å². The summed E-state index contributed by atoms with van der Waals surface area (Å²) in [7, 11) is 0. The zero-order valence-corrected chi connectivity index (χ0v) is 11.6. The van der Waals surface area contributed by atoms with Gasteiger partial charge in [-0.05, 0) is 38.0 Å². The Kier molecular flexibility index (Phi) is 4.22. The Morgan fingerprint density at radius 2 is 2.21 bits per heavy atom. The second kappa shape index (κ2) is 5.89. The van der Waals surface area contributed by atoms with Gasteiger partial charge in [0.25, 0.3) is 5.91 Å². The number of rotatable bonds is 4. The molecule has 5 heteroatoms. The molecule has 2 rings (SSSR count). The molecule has 100 valence electrons. The summed E-state index contributed by atoms with van der Waals surface area (Å²) in [4.78, 5) is 12.0. The standard InChI is InChI=1S/C14H15ClN2O2/c1-9-13(10(2)19-17-9)14(18)16-7-6-11-4-3-5-12(15)8-11/h3-5,8H,6-7H2,1-2H3,(H,16,18). The summed E-state index contributed by atoms with van der Waals surface area (Å²) in [6.07, 6.45) is 0.732. The molecule has 0 spiro atoms. The first kappa shape index (κ1) is 13.6. The maximum atomic E-state index is 12.0. The number of halogens is 1. The van der Waals surface area contributed by atoms with Gasteiger partial charge in [0.05, 0.1) is 5.69 Å². The first-order valence-electron chi connectivity index (χ1n) is 6.03. The molecule has 4 nitrogen and oxygen atoms in total. The lowest BCUT2D eigenvalue weighted by Gasteiger charge is -2.05. The highest BCUT2D eigenvalue weighted by Gasteiger charge is 2.16. The van der Waals surface area contributed by atoms with E-state index < -0.39 is 0 Å². The van der Waals surface area contributed by atoms with Crippen molar-refractivity contribution >= 4 is 17.5 Å². The van der Waals surface area contributed by atoms with Gasteiger partial charge in [0.2, 0.25) is 0 Å². The third kappa shape index (κ3) is 3.35. The number of amides is 1. The van der Waals surface area contributed by atoms with Crippen LogP contribution in [0.2, 0.25) is 5.02 Å². The number of aryl methyl sites for hydroxylation is 2. The molecule has 0 unspecified atom stereocenters. The number of hydrogen-bond donors (Lipinski definition) is 1. The third-order valence-electron chi connectivity index (χ3n) is 2.85. The van der Waals surface area contributed by atoms with Crippen LogP contribution in [0.15, 0.2) is 28.8 Å². The molecule has 0 saturated carbocycles. The molecule has 1 heterocycles. The van der Waals surface area contributed by atoms with Crippen LogP contribution >= 0.6 is 11.6 Å². The monoisotopic (exact) mass is 278 g/mol. The maximum Gasteiger partial charge on any atom is 0.256 e. The topological polar surface area (TPSA) is 55.1 Å². The van der Waals surface area contributed by atoms with Crippen molar-refractivity contribution in [3.05, 3.63) is 51.9 Å². The van der Waals surface area contributed by atoms with Crippen LogP contribution in [0.3, 0.4) is 0 Å². The highest BCUT2D eigenvalue weighted by Crippen LogP contribution is 2.12. The van der Waals surface area contributed by atoms with Crippen LogP contribution < -0.4 is 5.32 Å². The molecule has 0 bridgehead atoms. The van der Waals surface area contributed by atoms with Gasteiger partial charge in [0.1, 0.15) is 11.3 Å². The van der Waals surface area contributed by atoms with E-state index in [1.807, 2.05) is 24.3 Å². The van der Waals surface area contributed by atoms with E-state index in [0.717, 1.165) is 12.0 Å². The quantitative estimate of drug-likeness (QED) is 0.935. The van der Waals surface area contributed by atoms with Crippen LogP contribution in [-0.2, 0) is 6.42 Å². The predicted octanol–water partition coefficient (Wildman–Crippen LogP) is 2.92. The van der Waals surface area contributed by atoms with E-state index in [9.17, 15) is 4.79 Å². The fourth-order valence-electron chi connectivity index (χ4n) is 1.91. The summed E-state index contributed by atoms with van der Waals surface area (Å²) in [5, 5.41) is 7.32.